The molecule has 1 heterocycles. The van der Waals surface area contributed by atoms with Gasteiger partial charge in [0.2, 0.25) is 5.91 Å². The Bertz CT molecular complexity index is 928. The molecule has 178 valence electrons. The number of amides is 1. The smallest absolute Gasteiger partial charge is 0.379 e. The number of halogens is 4. The zero-order chi connectivity index (χ0) is 23.4. The number of ether oxygens (including phenoxy) is 1. The van der Waals surface area contributed by atoms with E-state index in [2.05, 4.69) is 38.3 Å². The van der Waals surface area contributed by atoms with Gasteiger partial charge in [-0.3, -0.25) is 9.69 Å². The first-order valence-electron chi connectivity index (χ1n) is 11.3. The minimum absolute atomic E-state index is 0.0387. The predicted octanol–water partition coefficient (Wildman–Crippen LogP) is 5.37. The third-order valence-corrected chi connectivity index (χ3v) is 7.30. The van der Waals surface area contributed by atoms with E-state index in [0.717, 1.165) is 67.7 Å². The van der Waals surface area contributed by atoms with Crippen LogP contribution in [-0.4, -0.2) is 43.2 Å². The maximum absolute atomic E-state index is 13.2. The fourth-order valence-corrected chi connectivity index (χ4v) is 5.21. The Balaban J connectivity index is 1.44. The molecule has 33 heavy (non-hydrogen) atoms. The van der Waals surface area contributed by atoms with Crippen LogP contribution in [0.5, 0.6) is 0 Å². The largest absolute Gasteiger partial charge is 0.416 e. The molecular formula is C25H28BrF3N2O2. The van der Waals surface area contributed by atoms with Gasteiger partial charge in [-0.05, 0) is 60.6 Å². The predicted molar refractivity (Wildman–Crippen MR) is 124 cm³/mol. The minimum Gasteiger partial charge on any atom is -0.379 e. The van der Waals surface area contributed by atoms with Crippen LogP contribution < -0.4 is 5.32 Å². The molecule has 4 nitrogen and oxygen atoms in total. The van der Waals surface area contributed by atoms with E-state index in [1.807, 2.05) is 12.1 Å². The summed E-state index contributed by atoms with van der Waals surface area (Å²) in [5.74, 6) is -0.117. The second-order valence-electron chi connectivity index (χ2n) is 8.79. The molecule has 3 atom stereocenters. The van der Waals surface area contributed by atoms with Crippen LogP contribution in [0.3, 0.4) is 0 Å². The van der Waals surface area contributed by atoms with Crippen molar-refractivity contribution in [3.8, 4) is 0 Å². The number of nitrogens with one attached hydrogen (secondary N) is 1. The number of carbonyl (C=O) groups excluding carboxylic acids is 1. The molecule has 1 aliphatic carbocycles. The van der Waals surface area contributed by atoms with Gasteiger partial charge in [0.25, 0.3) is 0 Å². The van der Waals surface area contributed by atoms with E-state index in [9.17, 15) is 18.0 Å². The van der Waals surface area contributed by atoms with Crippen molar-refractivity contribution in [2.75, 3.05) is 26.3 Å². The summed E-state index contributed by atoms with van der Waals surface area (Å²) in [7, 11) is 0. The van der Waals surface area contributed by atoms with Gasteiger partial charge in [-0.15, -0.1) is 0 Å². The number of hydrogen-bond acceptors (Lipinski definition) is 3. The van der Waals surface area contributed by atoms with Crippen LogP contribution in [0.2, 0.25) is 0 Å². The molecule has 1 saturated heterocycles. The lowest BCUT2D eigenvalue weighted by molar-refractivity contribution is -0.137. The summed E-state index contributed by atoms with van der Waals surface area (Å²) in [6, 6.07) is 13.5. The molecule has 0 aromatic heterocycles. The van der Waals surface area contributed by atoms with Gasteiger partial charge in [-0.1, -0.05) is 40.2 Å². The molecular weight excluding hydrogens is 497 g/mol. The third-order valence-electron chi connectivity index (χ3n) is 6.77. The van der Waals surface area contributed by atoms with Gasteiger partial charge >= 0.3 is 6.18 Å². The molecule has 0 unspecified atom stereocenters. The summed E-state index contributed by atoms with van der Waals surface area (Å²) in [6.07, 6.45) is -1.73. The molecule has 2 aromatic rings. The molecule has 0 radical (unpaired) electrons. The molecule has 1 N–H and O–H groups in total. The van der Waals surface area contributed by atoms with E-state index in [-0.39, 0.29) is 24.3 Å². The highest BCUT2D eigenvalue weighted by Gasteiger charge is 2.38. The fraction of sp³-hybridized carbons (Fsp3) is 0.480. The summed E-state index contributed by atoms with van der Waals surface area (Å²) >= 11 is 3.48. The molecule has 1 saturated carbocycles. The van der Waals surface area contributed by atoms with Gasteiger partial charge in [0.1, 0.15) is 0 Å². The summed E-state index contributed by atoms with van der Waals surface area (Å²) in [6.45, 7) is 3.55. The number of rotatable bonds is 5. The molecule has 0 spiro atoms. The molecule has 0 bridgehead atoms. The van der Waals surface area contributed by atoms with Crippen molar-refractivity contribution in [1.29, 1.82) is 0 Å². The van der Waals surface area contributed by atoms with Gasteiger partial charge in [0.05, 0.1) is 18.8 Å². The Labute approximate surface area is 200 Å². The Morgan fingerprint density at radius 3 is 2.33 bits per heavy atom. The van der Waals surface area contributed by atoms with Crippen molar-refractivity contribution >= 4 is 21.8 Å². The normalized spacial score (nSPS) is 24.4. The highest BCUT2D eigenvalue weighted by molar-refractivity contribution is 9.10. The topological polar surface area (TPSA) is 41.6 Å². The first-order valence-corrected chi connectivity index (χ1v) is 12.1. The Kier molecular flexibility index (Phi) is 7.76. The summed E-state index contributed by atoms with van der Waals surface area (Å²) < 4.78 is 44.9. The van der Waals surface area contributed by atoms with Crippen LogP contribution in [0.15, 0.2) is 53.0 Å². The van der Waals surface area contributed by atoms with E-state index in [1.165, 1.54) is 12.1 Å². The number of alkyl halides is 3. The van der Waals surface area contributed by atoms with Gasteiger partial charge in [0.15, 0.2) is 0 Å². The lowest BCUT2D eigenvalue weighted by Gasteiger charge is -2.42. The van der Waals surface area contributed by atoms with E-state index in [0.29, 0.717) is 11.6 Å². The Hall–Kier alpha value is -1.90. The lowest BCUT2D eigenvalue weighted by Crippen LogP contribution is -2.48. The van der Waals surface area contributed by atoms with Gasteiger partial charge < -0.3 is 10.1 Å². The zero-order valence-electron chi connectivity index (χ0n) is 18.3. The maximum atomic E-state index is 13.2. The van der Waals surface area contributed by atoms with Crippen molar-refractivity contribution in [1.82, 2.24) is 10.2 Å². The summed E-state index contributed by atoms with van der Waals surface area (Å²) in [5.41, 5.74) is 1.11. The van der Waals surface area contributed by atoms with E-state index < -0.39 is 11.7 Å². The van der Waals surface area contributed by atoms with Crippen LogP contribution in [0, 0.1) is 5.92 Å². The van der Waals surface area contributed by atoms with Gasteiger partial charge in [-0.25, -0.2) is 0 Å². The molecule has 2 aromatic carbocycles. The fourth-order valence-electron chi connectivity index (χ4n) is 4.95. The second kappa shape index (κ2) is 10.6. The van der Waals surface area contributed by atoms with E-state index in [4.69, 9.17) is 4.74 Å². The Morgan fingerprint density at radius 1 is 1.03 bits per heavy atom. The Morgan fingerprint density at radius 2 is 1.70 bits per heavy atom. The van der Waals surface area contributed by atoms with Crippen LogP contribution in [0.1, 0.15) is 41.9 Å². The summed E-state index contributed by atoms with van der Waals surface area (Å²) in [4.78, 5) is 15.7. The molecule has 4 rings (SSSR count). The standard InChI is InChI=1S/C25H28BrF3N2O2/c26-20-7-3-18(4-8-20)23-15-21(31-11-13-33-14-12-31)9-10-22(23)24(32)30-16-17-1-5-19(6-2-17)25(27,28)29/h1-8,21-23H,9-16H2,(H,30,32)/t21-,22-,23+/m1/s1. The average Bonchev–Trinajstić information content (AvgIpc) is 2.83. The quantitative estimate of drug-likeness (QED) is 0.571. The number of morpholine rings is 1. The monoisotopic (exact) mass is 524 g/mol. The molecule has 8 heteroatoms. The zero-order valence-corrected chi connectivity index (χ0v) is 19.9. The SMILES string of the molecule is O=C(NCc1ccc(C(F)(F)F)cc1)[C@@H]1CC[C@@H](N2CCOCC2)C[C@H]1c1ccc(Br)cc1. The van der Waals surface area contributed by atoms with Crippen molar-refractivity contribution in [3.05, 3.63) is 69.7 Å². The molecule has 1 amide bonds. The van der Waals surface area contributed by atoms with E-state index in [1.54, 1.807) is 0 Å². The average molecular weight is 525 g/mol. The van der Waals surface area contributed by atoms with Crippen molar-refractivity contribution < 1.29 is 22.7 Å². The lowest BCUT2D eigenvalue weighted by atomic mass is 9.72. The highest BCUT2D eigenvalue weighted by Crippen LogP contribution is 2.40. The number of carbonyl (C=O) groups is 1. The van der Waals surface area contributed by atoms with Gasteiger partial charge in [0, 0.05) is 36.1 Å². The molecule has 2 aliphatic rings. The van der Waals surface area contributed by atoms with Crippen molar-refractivity contribution in [2.24, 2.45) is 5.92 Å². The number of benzene rings is 2. The minimum atomic E-state index is -4.36. The molecule has 1 aliphatic heterocycles. The first kappa shape index (κ1) is 24.2. The summed E-state index contributed by atoms with van der Waals surface area (Å²) in [5, 5.41) is 2.97. The highest BCUT2D eigenvalue weighted by atomic mass is 79.9. The van der Waals surface area contributed by atoms with Crippen molar-refractivity contribution in [2.45, 2.75) is 43.9 Å². The molecule has 2 fully saturated rings. The van der Waals surface area contributed by atoms with Gasteiger partial charge in [-0.2, -0.15) is 13.2 Å². The van der Waals surface area contributed by atoms with Crippen molar-refractivity contribution in [3.63, 3.8) is 0 Å². The van der Waals surface area contributed by atoms with Crippen LogP contribution in [0.25, 0.3) is 0 Å². The second-order valence-corrected chi connectivity index (χ2v) is 9.71. The third kappa shape index (κ3) is 6.16. The number of hydrogen-bond donors (Lipinski definition) is 1. The maximum Gasteiger partial charge on any atom is 0.416 e. The number of nitrogens with zero attached hydrogens (tertiary/aromatic N) is 1. The van der Waals surface area contributed by atoms with Crippen LogP contribution in [0.4, 0.5) is 13.2 Å². The van der Waals surface area contributed by atoms with E-state index >= 15 is 0 Å². The first-order chi connectivity index (χ1) is 15.8. The van der Waals surface area contributed by atoms with Crippen LogP contribution in [-0.2, 0) is 22.3 Å². The van der Waals surface area contributed by atoms with Crippen LogP contribution >= 0.6 is 15.9 Å².